The third-order valence-corrected chi connectivity index (χ3v) is 3.12. The molecule has 3 aromatic rings. The second-order valence-corrected chi connectivity index (χ2v) is 4.93. The topological polar surface area (TPSA) is 30.8 Å². The van der Waals surface area contributed by atoms with Crippen LogP contribution >= 0.6 is 0 Å². The highest BCUT2D eigenvalue weighted by molar-refractivity contribution is 5.91. The maximum atomic E-state index is 5.84. The number of hydrogen-bond acceptors (Lipinski definition) is 3. The van der Waals surface area contributed by atoms with Crippen LogP contribution in [0.15, 0.2) is 108 Å². The summed E-state index contributed by atoms with van der Waals surface area (Å²) in [5.74, 6) is 1.92. The molecule has 0 fully saturated rings. The van der Waals surface area contributed by atoms with E-state index in [0.29, 0.717) is 5.90 Å². The monoisotopic (exact) mass is 315 g/mol. The molecular formula is C21H17NO2. The van der Waals surface area contributed by atoms with Gasteiger partial charge in [-0.05, 0) is 36.4 Å². The van der Waals surface area contributed by atoms with Gasteiger partial charge < -0.3 is 9.47 Å². The van der Waals surface area contributed by atoms with E-state index in [2.05, 4.69) is 4.99 Å². The predicted molar refractivity (Wildman–Crippen MR) is 96.8 cm³/mol. The number of aliphatic imine (C=N–C) groups is 1. The van der Waals surface area contributed by atoms with Gasteiger partial charge in [-0.3, -0.25) is 0 Å². The number of benzene rings is 3. The summed E-state index contributed by atoms with van der Waals surface area (Å²) in [6, 6.07) is 28.7. The zero-order valence-electron chi connectivity index (χ0n) is 13.1. The Morgan fingerprint density at radius 2 is 1.21 bits per heavy atom. The molecule has 0 aliphatic heterocycles. The van der Waals surface area contributed by atoms with Crippen molar-refractivity contribution in [2.24, 2.45) is 4.99 Å². The number of ether oxygens (including phenoxy) is 2. The molecule has 0 N–H and O–H groups in total. The summed E-state index contributed by atoms with van der Waals surface area (Å²) < 4.78 is 11.4. The molecule has 0 bridgehead atoms. The normalized spacial score (nSPS) is 11.4. The van der Waals surface area contributed by atoms with E-state index in [-0.39, 0.29) is 0 Å². The third kappa shape index (κ3) is 4.85. The highest BCUT2D eigenvalue weighted by atomic mass is 16.5. The Morgan fingerprint density at radius 1 is 0.667 bits per heavy atom. The summed E-state index contributed by atoms with van der Waals surface area (Å²) in [6.07, 6.45) is 3.27. The van der Waals surface area contributed by atoms with Crippen molar-refractivity contribution in [2.75, 3.05) is 0 Å². The van der Waals surface area contributed by atoms with Crippen LogP contribution in [0.5, 0.6) is 11.5 Å². The Balaban J connectivity index is 1.78. The molecule has 0 heterocycles. The first-order valence-corrected chi connectivity index (χ1v) is 7.65. The maximum absolute atomic E-state index is 5.84. The van der Waals surface area contributed by atoms with Crippen LogP contribution in [0.2, 0.25) is 0 Å². The number of hydrogen-bond donors (Lipinski definition) is 0. The van der Waals surface area contributed by atoms with Crippen molar-refractivity contribution in [2.45, 2.75) is 0 Å². The summed E-state index contributed by atoms with van der Waals surface area (Å²) in [7, 11) is 0. The van der Waals surface area contributed by atoms with Crippen LogP contribution in [-0.2, 0) is 0 Å². The highest BCUT2D eigenvalue weighted by Crippen LogP contribution is 2.15. The van der Waals surface area contributed by atoms with Gasteiger partial charge in [0.2, 0.25) is 5.90 Å². The molecule has 0 aliphatic carbocycles. The van der Waals surface area contributed by atoms with Gasteiger partial charge in [0.1, 0.15) is 11.5 Å². The molecule has 118 valence electrons. The van der Waals surface area contributed by atoms with Crippen molar-refractivity contribution >= 4 is 11.6 Å². The van der Waals surface area contributed by atoms with Gasteiger partial charge in [-0.15, -0.1) is 0 Å². The molecule has 3 aromatic carbocycles. The first-order chi connectivity index (χ1) is 11.9. The molecule has 24 heavy (non-hydrogen) atoms. The van der Waals surface area contributed by atoms with Crippen molar-refractivity contribution in [3.8, 4) is 11.5 Å². The summed E-state index contributed by atoms with van der Waals surface area (Å²) in [5.41, 5.74) is 0.813. The van der Waals surface area contributed by atoms with E-state index in [0.717, 1.165) is 17.2 Å². The van der Waals surface area contributed by atoms with Gasteiger partial charge in [-0.25, -0.2) is 4.99 Å². The van der Waals surface area contributed by atoms with Crippen molar-refractivity contribution in [1.29, 1.82) is 0 Å². The van der Waals surface area contributed by atoms with Gasteiger partial charge in [0.25, 0.3) is 0 Å². The Morgan fingerprint density at radius 3 is 1.83 bits per heavy atom. The largest absolute Gasteiger partial charge is 0.465 e. The van der Waals surface area contributed by atoms with Crippen LogP contribution in [0.3, 0.4) is 0 Å². The first kappa shape index (κ1) is 15.6. The average molecular weight is 315 g/mol. The molecule has 0 radical (unpaired) electrons. The smallest absolute Gasteiger partial charge is 0.222 e. The van der Waals surface area contributed by atoms with E-state index in [4.69, 9.17) is 9.47 Å². The molecule has 0 aliphatic rings. The van der Waals surface area contributed by atoms with Gasteiger partial charge >= 0.3 is 0 Å². The lowest BCUT2D eigenvalue weighted by Gasteiger charge is -2.06. The number of para-hydroxylation sites is 3. The van der Waals surface area contributed by atoms with Gasteiger partial charge in [-0.2, -0.15) is 0 Å². The van der Waals surface area contributed by atoms with E-state index in [9.17, 15) is 0 Å². The van der Waals surface area contributed by atoms with Gasteiger partial charge in [0, 0.05) is 6.08 Å². The van der Waals surface area contributed by atoms with E-state index >= 15 is 0 Å². The standard InChI is InChI=1S/C21H17NO2/c1-4-10-18(11-5-1)22-21(24-20-14-8-3-9-15-20)16-17-23-19-12-6-2-7-13-19/h1-17H/b17-16+,22-21-. The fraction of sp³-hybridized carbons (Fsp3) is 0. The fourth-order valence-corrected chi connectivity index (χ4v) is 2.00. The zero-order chi connectivity index (χ0) is 16.5. The molecule has 0 saturated carbocycles. The molecule has 0 aromatic heterocycles. The van der Waals surface area contributed by atoms with Crippen LogP contribution < -0.4 is 9.47 Å². The molecule has 0 atom stereocenters. The maximum Gasteiger partial charge on any atom is 0.222 e. The SMILES string of the molecule is C(=C\C(=N\c1ccccc1)Oc1ccccc1)/Oc1ccccc1. The van der Waals surface area contributed by atoms with E-state index in [1.165, 1.54) is 0 Å². The molecule has 3 rings (SSSR count). The lowest BCUT2D eigenvalue weighted by molar-refractivity contribution is 0.479. The summed E-state index contributed by atoms with van der Waals surface area (Å²) in [6.45, 7) is 0. The molecule has 0 amide bonds. The summed E-state index contributed by atoms with van der Waals surface area (Å²) >= 11 is 0. The zero-order valence-corrected chi connectivity index (χ0v) is 13.1. The Bertz CT molecular complexity index is 797. The van der Waals surface area contributed by atoms with E-state index in [1.807, 2.05) is 91.0 Å². The Kier molecular flexibility index (Phi) is 5.41. The van der Waals surface area contributed by atoms with Crippen molar-refractivity contribution < 1.29 is 9.47 Å². The molecule has 0 unspecified atom stereocenters. The summed E-state index contributed by atoms with van der Waals surface area (Å²) in [4.78, 5) is 4.51. The predicted octanol–water partition coefficient (Wildman–Crippen LogP) is 5.39. The fourth-order valence-electron chi connectivity index (χ4n) is 2.00. The van der Waals surface area contributed by atoms with Crippen LogP contribution in [0.4, 0.5) is 5.69 Å². The van der Waals surface area contributed by atoms with Crippen molar-refractivity contribution in [3.05, 3.63) is 103 Å². The van der Waals surface area contributed by atoms with Crippen LogP contribution in [0.25, 0.3) is 0 Å². The molecule has 0 saturated heterocycles. The minimum absolute atomic E-state index is 0.448. The number of rotatable bonds is 5. The van der Waals surface area contributed by atoms with Gasteiger partial charge in [0.05, 0.1) is 11.9 Å². The first-order valence-electron chi connectivity index (χ1n) is 7.65. The van der Waals surface area contributed by atoms with Gasteiger partial charge in [-0.1, -0.05) is 54.6 Å². The second kappa shape index (κ2) is 8.34. The quantitative estimate of drug-likeness (QED) is 0.359. The Hall–Kier alpha value is -3.33. The van der Waals surface area contributed by atoms with Crippen LogP contribution in [0.1, 0.15) is 0 Å². The molecule has 3 heteroatoms. The van der Waals surface area contributed by atoms with Crippen molar-refractivity contribution in [1.82, 2.24) is 0 Å². The highest BCUT2D eigenvalue weighted by Gasteiger charge is 2.00. The number of nitrogens with zero attached hydrogens (tertiary/aromatic N) is 1. The average Bonchev–Trinajstić information content (AvgIpc) is 2.64. The lowest BCUT2D eigenvalue weighted by Crippen LogP contribution is -2.05. The van der Waals surface area contributed by atoms with Crippen LogP contribution in [0, 0.1) is 0 Å². The minimum atomic E-state index is 0.448. The minimum Gasteiger partial charge on any atom is -0.465 e. The molecule has 3 nitrogen and oxygen atoms in total. The second-order valence-electron chi connectivity index (χ2n) is 4.93. The third-order valence-electron chi connectivity index (χ3n) is 3.12. The van der Waals surface area contributed by atoms with Crippen molar-refractivity contribution in [3.63, 3.8) is 0 Å². The Labute approximate surface area is 141 Å². The lowest BCUT2D eigenvalue weighted by atomic mass is 10.3. The molecule has 0 spiro atoms. The van der Waals surface area contributed by atoms with Crippen LogP contribution in [-0.4, -0.2) is 5.90 Å². The summed E-state index contributed by atoms with van der Waals surface area (Å²) in [5, 5.41) is 0. The van der Waals surface area contributed by atoms with E-state index < -0.39 is 0 Å². The van der Waals surface area contributed by atoms with Gasteiger partial charge in [0.15, 0.2) is 0 Å². The molecular weight excluding hydrogens is 298 g/mol. The van der Waals surface area contributed by atoms with E-state index in [1.54, 1.807) is 12.3 Å².